The first kappa shape index (κ1) is 20.4. The summed E-state index contributed by atoms with van der Waals surface area (Å²) in [6, 6.07) is 15.0. The Kier molecular flexibility index (Phi) is 6.13. The number of aromatic nitrogens is 2. The van der Waals surface area contributed by atoms with Crippen LogP contribution in [0.25, 0.3) is 0 Å². The average Bonchev–Trinajstić information content (AvgIpc) is 2.83. The van der Waals surface area contributed by atoms with Gasteiger partial charge in [0.25, 0.3) is 5.91 Å². The number of methoxy groups -OCH3 is 1. The van der Waals surface area contributed by atoms with Gasteiger partial charge in [0.2, 0.25) is 0 Å². The second-order valence-corrected chi connectivity index (χ2v) is 7.30. The molecule has 1 aromatic carbocycles. The summed E-state index contributed by atoms with van der Waals surface area (Å²) in [5.74, 6) is 7.75. The number of carbonyl (C=O) groups excluding carboxylic acids is 1. The summed E-state index contributed by atoms with van der Waals surface area (Å²) in [5.41, 5.74) is 3.09. The molecule has 1 amide bonds. The van der Waals surface area contributed by atoms with Crippen LogP contribution in [0.15, 0.2) is 60.9 Å². The Morgan fingerprint density at radius 1 is 0.968 bits per heavy atom. The first-order valence-electron chi connectivity index (χ1n) is 10.2. The molecule has 1 fully saturated rings. The van der Waals surface area contributed by atoms with Crippen LogP contribution in [0.4, 0.5) is 5.82 Å². The highest BCUT2D eigenvalue weighted by Crippen LogP contribution is 2.22. The lowest BCUT2D eigenvalue weighted by atomic mass is 10.1. The van der Waals surface area contributed by atoms with E-state index in [1.165, 1.54) is 0 Å². The van der Waals surface area contributed by atoms with Crippen LogP contribution >= 0.6 is 0 Å². The van der Waals surface area contributed by atoms with Crippen LogP contribution in [-0.4, -0.2) is 54.1 Å². The summed E-state index contributed by atoms with van der Waals surface area (Å²) >= 11 is 0. The van der Waals surface area contributed by atoms with Gasteiger partial charge in [0, 0.05) is 44.1 Å². The molecule has 1 saturated heterocycles. The molecule has 3 heterocycles. The van der Waals surface area contributed by atoms with Gasteiger partial charge in [-0.1, -0.05) is 18.1 Å². The minimum Gasteiger partial charge on any atom is -0.495 e. The quantitative estimate of drug-likeness (QED) is 0.619. The van der Waals surface area contributed by atoms with E-state index in [1.54, 1.807) is 31.5 Å². The number of ether oxygens (including phenoxy) is 1. The van der Waals surface area contributed by atoms with Gasteiger partial charge in [0.1, 0.15) is 17.3 Å². The lowest BCUT2D eigenvalue weighted by molar-refractivity contribution is 0.0746. The highest BCUT2D eigenvalue weighted by atomic mass is 16.5. The molecule has 156 valence electrons. The Balaban J connectivity index is 1.49. The molecule has 1 aliphatic heterocycles. The maximum absolute atomic E-state index is 13.1. The minimum absolute atomic E-state index is 0.000863. The number of amides is 1. The van der Waals surface area contributed by atoms with Crippen molar-refractivity contribution in [3.8, 4) is 17.6 Å². The molecule has 0 bridgehead atoms. The van der Waals surface area contributed by atoms with Crippen molar-refractivity contribution in [1.82, 2.24) is 14.9 Å². The summed E-state index contributed by atoms with van der Waals surface area (Å²) < 4.78 is 5.43. The van der Waals surface area contributed by atoms with Crippen LogP contribution < -0.4 is 9.64 Å². The highest BCUT2D eigenvalue weighted by molar-refractivity contribution is 5.95. The monoisotopic (exact) mass is 412 g/mol. The maximum Gasteiger partial charge on any atom is 0.254 e. The van der Waals surface area contributed by atoms with E-state index in [0.29, 0.717) is 35.7 Å². The third kappa shape index (κ3) is 4.67. The predicted molar refractivity (Wildman–Crippen MR) is 120 cm³/mol. The second kappa shape index (κ2) is 9.31. The number of anilines is 1. The third-order valence-electron chi connectivity index (χ3n) is 5.28. The van der Waals surface area contributed by atoms with E-state index in [2.05, 4.69) is 39.7 Å². The zero-order chi connectivity index (χ0) is 21.6. The van der Waals surface area contributed by atoms with Gasteiger partial charge in [-0.25, -0.2) is 9.97 Å². The van der Waals surface area contributed by atoms with Gasteiger partial charge < -0.3 is 14.5 Å². The molecular weight excluding hydrogens is 388 g/mol. The molecule has 0 N–H and O–H groups in total. The first-order chi connectivity index (χ1) is 15.2. The van der Waals surface area contributed by atoms with Gasteiger partial charge in [-0.2, -0.15) is 0 Å². The van der Waals surface area contributed by atoms with Crippen LogP contribution in [0.2, 0.25) is 0 Å². The molecule has 0 spiro atoms. The Labute approximate surface area is 182 Å². The van der Waals surface area contributed by atoms with Crippen molar-refractivity contribution in [1.29, 1.82) is 0 Å². The van der Waals surface area contributed by atoms with Crippen molar-refractivity contribution in [2.45, 2.75) is 6.92 Å². The van der Waals surface area contributed by atoms with Crippen molar-refractivity contribution in [2.75, 3.05) is 38.2 Å². The smallest absolute Gasteiger partial charge is 0.254 e. The molecule has 2 aromatic heterocycles. The Hall–Kier alpha value is -3.85. The van der Waals surface area contributed by atoms with Crippen molar-refractivity contribution < 1.29 is 9.53 Å². The van der Waals surface area contributed by atoms with Gasteiger partial charge in [0.05, 0.1) is 12.7 Å². The number of carbonyl (C=O) groups is 1. The maximum atomic E-state index is 13.1. The van der Waals surface area contributed by atoms with Gasteiger partial charge >= 0.3 is 0 Å². The predicted octanol–water partition coefficient (Wildman–Crippen LogP) is 3.16. The van der Waals surface area contributed by atoms with E-state index in [9.17, 15) is 4.79 Å². The molecule has 0 atom stereocenters. The van der Waals surface area contributed by atoms with E-state index >= 15 is 0 Å². The SMILES string of the molecule is COc1ccc(C(=O)N2CCN(c3ncccc3C)CC2)cc1C#Cc1ccccn1. The van der Waals surface area contributed by atoms with E-state index in [4.69, 9.17) is 4.74 Å². The van der Waals surface area contributed by atoms with Crippen molar-refractivity contribution in [2.24, 2.45) is 0 Å². The fraction of sp³-hybridized carbons (Fsp3) is 0.240. The molecule has 0 radical (unpaired) electrons. The molecule has 4 rings (SSSR count). The van der Waals surface area contributed by atoms with Gasteiger partial charge in [-0.3, -0.25) is 4.79 Å². The number of pyridine rings is 2. The molecule has 6 nitrogen and oxygen atoms in total. The normalized spacial score (nSPS) is 13.4. The van der Waals surface area contributed by atoms with Crippen LogP contribution in [0.1, 0.15) is 27.2 Å². The van der Waals surface area contributed by atoms with Crippen LogP contribution in [0, 0.1) is 18.8 Å². The fourth-order valence-corrected chi connectivity index (χ4v) is 3.62. The molecular formula is C25H24N4O2. The van der Waals surface area contributed by atoms with Crippen LogP contribution in [-0.2, 0) is 0 Å². The fourth-order valence-electron chi connectivity index (χ4n) is 3.62. The molecule has 1 aliphatic rings. The Morgan fingerprint density at radius 2 is 1.77 bits per heavy atom. The van der Waals surface area contributed by atoms with Crippen LogP contribution in [0.3, 0.4) is 0 Å². The summed E-state index contributed by atoms with van der Waals surface area (Å²) in [5, 5.41) is 0. The van der Waals surface area contributed by atoms with Crippen molar-refractivity contribution in [3.63, 3.8) is 0 Å². The van der Waals surface area contributed by atoms with Gasteiger partial charge in [-0.15, -0.1) is 0 Å². The molecule has 0 unspecified atom stereocenters. The molecule has 6 heteroatoms. The third-order valence-corrected chi connectivity index (χ3v) is 5.28. The molecule has 31 heavy (non-hydrogen) atoms. The molecule has 0 aliphatic carbocycles. The molecule has 3 aromatic rings. The number of hydrogen-bond donors (Lipinski definition) is 0. The second-order valence-electron chi connectivity index (χ2n) is 7.30. The first-order valence-corrected chi connectivity index (χ1v) is 10.2. The number of aryl methyl sites for hydroxylation is 1. The number of benzene rings is 1. The molecule has 0 saturated carbocycles. The van der Waals surface area contributed by atoms with Crippen LogP contribution in [0.5, 0.6) is 5.75 Å². The van der Waals surface area contributed by atoms with Crippen molar-refractivity contribution >= 4 is 11.7 Å². The minimum atomic E-state index is 0.000863. The topological polar surface area (TPSA) is 58.6 Å². The number of nitrogens with zero attached hydrogens (tertiary/aromatic N) is 4. The summed E-state index contributed by atoms with van der Waals surface area (Å²) in [6.07, 6.45) is 3.51. The largest absolute Gasteiger partial charge is 0.495 e. The zero-order valence-corrected chi connectivity index (χ0v) is 17.7. The number of piperazine rings is 1. The van der Waals surface area contributed by atoms with Crippen molar-refractivity contribution in [3.05, 3.63) is 83.3 Å². The van der Waals surface area contributed by atoms with Gasteiger partial charge in [0.15, 0.2) is 0 Å². The lowest BCUT2D eigenvalue weighted by Crippen LogP contribution is -2.49. The number of hydrogen-bond acceptors (Lipinski definition) is 5. The highest BCUT2D eigenvalue weighted by Gasteiger charge is 2.24. The Bertz CT molecular complexity index is 1130. The van der Waals surface area contributed by atoms with E-state index < -0.39 is 0 Å². The summed E-state index contributed by atoms with van der Waals surface area (Å²) in [4.78, 5) is 26.0. The summed E-state index contributed by atoms with van der Waals surface area (Å²) in [6.45, 7) is 4.87. The summed E-state index contributed by atoms with van der Waals surface area (Å²) in [7, 11) is 1.60. The van der Waals surface area contributed by atoms with E-state index in [1.807, 2.05) is 35.4 Å². The number of rotatable bonds is 3. The average molecular weight is 412 g/mol. The van der Waals surface area contributed by atoms with E-state index in [-0.39, 0.29) is 5.91 Å². The standard InChI is InChI=1S/C25H24N4O2/c1-19-6-5-13-27-24(19)28-14-16-29(17-15-28)25(30)21-9-11-23(31-2)20(18-21)8-10-22-7-3-4-12-26-22/h3-7,9,11-13,18H,14-17H2,1-2H3. The van der Waals surface area contributed by atoms with Gasteiger partial charge in [-0.05, 0) is 54.8 Å². The Morgan fingerprint density at radius 3 is 2.48 bits per heavy atom. The lowest BCUT2D eigenvalue weighted by Gasteiger charge is -2.36. The zero-order valence-electron chi connectivity index (χ0n) is 17.7. The van der Waals surface area contributed by atoms with E-state index in [0.717, 1.165) is 24.5 Å².